The molecule has 0 radical (unpaired) electrons. The van der Waals surface area contributed by atoms with Crippen molar-refractivity contribution < 1.29 is 9.18 Å². The Morgan fingerprint density at radius 1 is 1.19 bits per heavy atom. The van der Waals surface area contributed by atoms with Crippen LogP contribution in [0.4, 0.5) is 21.5 Å². The molecule has 21 heavy (non-hydrogen) atoms. The number of halogens is 1. The molecule has 2 aromatic rings. The van der Waals surface area contributed by atoms with Gasteiger partial charge in [-0.2, -0.15) is 0 Å². The number of hydrogen-bond acceptors (Lipinski definition) is 3. The molecule has 5 heteroatoms. The van der Waals surface area contributed by atoms with E-state index in [0.29, 0.717) is 24.3 Å². The lowest BCUT2D eigenvalue weighted by atomic mass is 10.2. The van der Waals surface area contributed by atoms with Gasteiger partial charge in [-0.15, -0.1) is 0 Å². The third kappa shape index (κ3) is 4.21. The maximum absolute atomic E-state index is 12.8. The van der Waals surface area contributed by atoms with Crippen molar-refractivity contribution in [1.29, 1.82) is 0 Å². The Bertz CT molecular complexity index is 626. The monoisotopic (exact) mass is 287 g/mol. The summed E-state index contributed by atoms with van der Waals surface area (Å²) >= 11 is 0. The van der Waals surface area contributed by atoms with Gasteiger partial charge in [0.1, 0.15) is 5.82 Å². The molecule has 110 valence electrons. The highest BCUT2D eigenvalue weighted by molar-refractivity contribution is 5.94. The van der Waals surface area contributed by atoms with E-state index < -0.39 is 0 Å². The fourth-order valence-electron chi connectivity index (χ4n) is 1.83. The number of carbonyl (C=O) groups is 1. The Morgan fingerprint density at radius 2 is 1.90 bits per heavy atom. The third-order valence-corrected chi connectivity index (χ3v) is 3.06. The van der Waals surface area contributed by atoms with Gasteiger partial charge in [0.2, 0.25) is 5.91 Å². The highest BCUT2D eigenvalue weighted by Gasteiger charge is 2.04. The van der Waals surface area contributed by atoms with E-state index in [9.17, 15) is 9.18 Å². The van der Waals surface area contributed by atoms with Crippen molar-refractivity contribution in [3.63, 3.8) is 0 Å². The SMILES string of the molecule is CCC(=O)Nc1ccc(NCc2ccc(F)cc2)cc1N. The van der Waals surface area contributed by atoms with Gasteiger partial charge >= 0.3 is 0 Å². The summed E-state index contributed by atoms with van der Waals surface area (Å²) in [5.74, 6) is -0.326. The quantitative estimate of drug-likeness (QED) is 0.739. The van der Waals surface area contributed by atoms with Gasteiger partial charge < -0.3 is 16.4 Å². The topological polar surface area (TPSA) is 67.2 Å². The van der Waals surface area contributed by atoms with Crippen LogP contribution in [0.15, 0.2) is 42.5 Å². The summed E-state index contributed by atoms with van der Waals surface area (Å²) in [7, 11) is 0. The third-order valence-electron chi connectivity index (χ3n) is 3.06. The van der Waals surface area contributed by atoms with E-state index in [1.807, 2.05) is 6.07 Å². The zero-order valence-electron chi connectivity index (χ0n) is 11.8. The maximum atomic E-state index is 12.8. The molecule has 0 heterocycles. The van der Waals surface area contributed by atoms with Gasteiger partial charge in [0, 0.05) is 18.7 Å². The molecule has 0 unspecified atom stereocenters. The predicted octanol–water partition coefficient (Wildman–Crippen LogP) is 3.37. The van der Waals surface area contributed by atoms with E-state index in [0.717, 1.165) is 11.3 Å². The number of nitrogen functional groups attached to an aromatic ring is 1. The van der Waals surface area contributed by atoms with Crippen molar-refractivity contribution in [2.24, 2.45) is 0 Å². The van der Waals surface area contributed by atoms with E-state index in [4.69, 9.17) is 5.73 Å². The molecule has 2 rings (SSSR count). The molecule has 0 aliphatic rings. The van der Waals surface area contributed by atoms with Crippen LogP contribution in [-0.2, 0) is 11.3 Å². The second-order valence-corrected chi connectivity index (χ2v) is 4.68. The fraction of sp³-hybridized carbons (Fsp3) is 0.188. The number of amides is 1. The minimum Gasteiger partial charge on any atom is -0.397 e. The van der Waals surface area contributed by atoms with Crippen LogP contribution in [0.2, 0.25) is 0 Å². The smallest absolute Gasteiger partial charge is 0.224 e. The van der Waals surface area contributed by atoms with Gasteiger partial charge in [0.05, 0.1) is 11.4 Å². The summed E-state index contributed by atoms with van der Waals surface area (Å²) in [4.78, 5) is 11.3. The maximum Gasteiger partial charge on any atom is 0.224 e. The molecular formula is C16H18FN3O. The Hall–Kier alpha value is -2.56. The van der Waals surface area contributed by atoms with Crippen LogP contribution in [0.25, 0.3) is 0 Å². The van der Waals surface area contributed by atoms with Gasteiger partial charge in [-0.25, -0.2) is 4.39 Å². The summed E-state index contributed by atoms with van der Waals surface area (Å²) in [6.07, 6.45) is 0.407. The molecule has 0 aliphatic heterocycles. The van der Waals surface area contributed by atoms with Crippen molar-refractivity contribution in [2.75, 3.05) is 16.4 Å². The van der Waals surface area contributed by atoms with E-state index in [-0.39, 0.29) is 11.7 Å². The van der Waals surface area contributed by atoms with Crippen molar-refractivity contribution in [3.05, 3.63) is 53.8 Å². The number of nitrogens with two attached hydrogens (primary N) is 1. The summed E-state index contributed by atoms with van der Waals surface area (Å²) in [6, 6.07) is 11.7. The van der Waals surface area contributed by atoms with E-state index >= 15 is 0 Å². The van der Waals surface area contributed by atoms with Gasteiger partial charge in [0.15, 0.2) is 0 Å². The van der Waals surface area contributed by atoms with Crippen LogP contribution in [0.5, 0.6) is 0 Å². The normalized spacial score (nSPS) is 10.2. The number of nitrogens with one attached hydrogen (secondary N) is 2. The first-order valence-corrected chi connectivity index (χ1v) is 6.76. The van der Waals surface area contributed by atoms with Gasteiger partial charge in [-0.1, -0.05) is 19.1 Å². The average Bonchev–Trinajstić information content (AvgIpc) is 2.49. The first-order valence-electron chi connectivity index (χ1n) is 6.76. The second kappa shape index (κ2) is 6.74. The molecular weight excluding hydrogens is 269 g/mol. The number of hydrogen-bond donors (Lipinski definition) is 3. The molecule has 4 nitrogen and oxygen atoms in total. The van der Waals surface area contributed by atoms with Crippen molar-refractivity contribution in [1.82, 2.24) is 0 Å². The number of carbonyl (C=O) groups excluding carboxylic acids is 1. The van der Waals surface area contributed by atoms with Crippen molar-refractivity contribution in [3.8, 4) is 0 Å². The summed E-state index contributed by atoms with van der Waals surface area (Å²) in [5, 5.41) is 5.93. The first-order chi connectivity index (χ1) is 10.1. The average molecular weight is 287 g/mol. The Kier molecular flexibility index (Phi) is 4.77. The first kappa shape index (κ1) is 14.8. The lowest BCUT2D eigenvalue weighted by Gasteiger charge is -2.11. The van der Waals surface area contributed by atoms with Crippen molar-refractivity contribution >= 4 is 23.0 Å². The van der Waals surface area contributed by atoms with E-state index in [1.54, 1.807) is 31.2 Å². The zero-order chi connectivity index (χ0) is 15.2. The molecule has 0 spiro atoms. The van der Waals surface area contributed by atoms with Crippen LogP contribution >= 0.6 is 0 Å². The molecule has 0 bridgehead atoms. The van der Waals surface area contributed by atoms with Crippen LogP contribution in [0.3, 0.4) is 0 Å². The number of anilines is 3. The molecule has 0 saturated heterocycles. The molecule has 0 fully saturated rings. The van der Waals surface area contributed by atoms with Crippen LogP contribution in [0, 0.1) is 5.82 Å². The number of benzene rings is 2. The van der Waals surface area contributed by atoms with E-state index in [1.165, 1.54) is 12.1 Å². The second-order valence-electron chi connectivity index (χ2n) is 4.68. The molecule has 1 amide bonds. The van der Waals surface area contributed by atoms with E-state index in [2.05, 4.69) is 10.6 Å². The molecule has 0 aliphatic carbocycles. The number of rotatable bonds is 5. The Labute approximate surface area is 123 Å². The van der Waals surface area contributed by atoms with Crippen molar-refractivity contribution in [2.45, 2.75) is 19.9 Å². The highest BCUT2D eigenvalue weighted by atomic mass is 19.1. The van der Waals surface area contributed by atoms with Crippen LogP contribution in [-0.4, -0.2) is 5.91 Å². The fourth-order valence-corrected chi connectivity index (χ4v) is 1.83. The standard InChI is InChI=1S/C16H18FN3O/c1-2-16(21)20-15-8-7-13(9-14(15)18)19-10-11-3-5-12(17)6-4-11/h3-9,19H,2,10,18H2,1H3,(H,20,21). The van der Waals surface area contributed by atoms with Crippen LogP contribution < -0.4 is 16.4 Å². The summed E-state index contributed by atoms with van der Waals surface area (Å²) in [6.45, 7) is 2.35. The largest absolute Gasteiger partial charge is 0.397 e. The molecule has 4 N–H and O–H groups in total. The minimum absolute atomic E-state index is 0.0753. The lowest BCUT2D eigenvalue weighted by molar-refractivity contribution is -0.115. The zero-order valence-corrected chi connectivity index (χ0v) is 11.8. The molecule has 0 aromatic heterocycles. The highest BCUT2D eigenvalue weighted by Crippen LogP contribution is 2.23. The van der Waals surface area contributed by atoms with Crippen LogP contribution in [0.1, 0.15) is 18.9 Å². The predicted molar refractivity (Wildman–Crippen MR) is 83.5 cm³/mol. The molecule has 2 aromatic carbocycles. The van der Waals surface area contributed by atoms with Gasteiger partial charge in [0.25, 0.3) is 0 Å². The Morgan fingerprint density at radius 3 is 2.52 bits per heavy atom. The lowest BCUT2D eigenvalue weighted by Crippen LogP contribution is -2.11. The summed E-state index contributed by atoms with van der Waals surface area (Å²) in [5.41, 5.74) is 8.83. The minimum atomic E-state index is -0.251. The van der Waals surface area contributed by atoms with Gasteiger partial charge in [-0.3, -0.25) is 4.79 Å². The molecule has 0 atom stereocenters. The van der Waals surface area contributed by atoms with Gasteiger partial charge in [-0.05, 0) is 35.9 Å². The molecule has 0 saturated carbocycles. The Balaban J connectivity index is 1.99. The summed E-state index contributed by atoms with van der Waals surface area (Å²) < 4.78 is 12.8.